The average molecular weight is 359 g/mol. The van der Waals surface area contributed by atoms with Crippen LogP contribution in [0.2, 0.25) is 0 Å². The lowest BCUT2D eigenvalue weighted by Gasteiger charge is -2.45. The molecule has 1 saturated heterocycles. The molecule has 4 rings (SSSR count). The highest BCUT2D eigenvalue weighted by atomic mass is 19.1. The zero-order chi connectivity index (χ0) is 18.3. The fourth-order valence-corrected chi connectivity index (χ4v) is 4.63. The van der Waals surface area contributed by atoms with Gasteiger partial charge in [-0.15, -0.1) is 0 Å². The third kappa shape index (κ3) is 3.10. The van der Waals surface area contributed by atoms with Crippen molar-refractivity contribution in [2.24, 2.45) is 11.3 Å². The number of hydrogen-bond acceptors (Lipinski definition) is 3. The number of carbonyl (C=O) groups is 2. The molecule has 2 heterocycles. The van der Waals surface area contributed by atoms with Crippen molar-refractivity contribution in [2.45, 2.75) is 45.2 Å². The van der Waals surface area contributed by atoms with Gasteiger partial charge in [-0.25, -0.2) is 4.39 Å². The summed E-state index contributed by atoms with van der Waals surface area (Å²) in [4.78, 5) is 33.6. The molecule has 0 N–H and O–H groups in total. The second-order valence-corrected chi connectivity index (χ2v) is 8.23. The number of aryl methyl sites for hydroxylation is 1. The molecule has 140 valence electrons. The van der Waals surface area contributed by atoms with Gasteiger partial charge in [0.15, 0.2) is 0 Å². The van der Waals surface area contributed by atoms with Gasteiger partial charge in [-0.2, -0.15) is 0 Å². The molecule has 5 nitrogen and oxygen atoms in total. The molecule has 0 spiro atoms. The van der Waals surface area contributed by atoms with E-state index in [4.69, 9.17) is 0 Å². The Kier molecular flexibility index (Phi) is 4.45. The first-order valence-electron chi connectivity index (χ1n) is 9.61. The number of alkyl halides is 1. The van der Waals surface area contributed by atoms with Crippen molar-refractivity contribution >= 4 is 11.8 Å². The Labute approximate surface area is 153 Å². The van der Waals surface area contributed by atoms with E-state index in [9.17, 15) is 14.0 Å². The van der Waals surface area contributed by atoms with Gasteiger partial charge in [0.2, 0.25) is 11.8 Å². The summed E-state index contributed by atoms with van der Waals surface area (Å²) in [5, 5.41) is 0. The number of fused-ring (bicyclic) bond motifs is 1. The lowest BCUT2D eigenvalue weighted by Crippen LogP contribution is -2.57. The molecule has 2 amide bonds. The van der Waals surface area contributed by atoms with E-state index in [0.717, 1.165) is 25.0 Å². The minimum absolute atomic E-state index is 0.0189. The van der Waals surface area contributed by atoms with Gasteiger partial charge in [-0.3, -0.25) is 14.6 Å². The Morgan fingerprint density at radius 3 is 2.58 bits per heavy atom. The van der Waals surface area contributed by atoms with Gasteiger partial charge in [-0.1, -0.05) is 13.0 Å². The minimum atomic E-state index is -0.838. The van der Waals surface area contributed by atoms with E-state index in [1.165, 1.54) is 5.56 Å². The van der Waals surface area contributed by atoms with Crippen molar-refractivity contribution in [2.75, 3.05) is 26.2 Å². The van der Waals surface area contributed by atoms with E-state index in [1.54, 1.807) is 0 Å². The molecule has 2 aliphatic carbocycles. The fourth-order valence-electron chi connectivity index (χ4n) is 4.63. The summed E-state index contributed by atoms with van der Waals surface area (Å²) in [7, 11) is 0. The Balaban J connectivity index is 1.32. The molecule has 6 heteroatoms. The summed E-state index contributed by atoms with van der Waals surface area (Å²) in [5.41, 5.74) is 1.77. The van der Waals surface area contributed by atoms with Crippen molar-refractivity contribution in [3.8, 4) is 0 Å². The van der Waals surface area contributed by atoms with Crippen LogP contribution in [0.4, 0.5) is 4.39 Å². The molecule has 26 heavy (non-hydrogen) atoms. The predicted molar refractivity (Wildman–Crippen MR) is 95.1 cm³/mol. The first-order valence-corrected chi connectivity index (χ1v) is 9.61. The van der Waals surface area contributed by atoms with Gasteiger partial charge in [-0.05, 0) is 43.7 Å². The van der Waals surface area contributed by atoms with Crippen LogP contribution in [0, 0.1) is 11.3 Å². The number of carbonyl (C=O) groups excluding carboxylic acids is 2. The fraction of sp³-hybridized carbons (Fsp3) is 0.650. The number of piperazine rings is 1. The highest BCUT2D eigenvalue weighted by Crippen LogP contribution is 2.44. The van der Waals surface area contributed by atoms with Crippen molar-refractivity contribution in [1.29, 1.82) is 0 Å². The van der Waals surface area contributed by atoms with E-state index in [-0.39, 0.29) is 17.7 Å². The van der Waals surface area contributed by atoms with E-state index < -0.39 is 11.6 Å². The number of nitrogens with zero attached hydrogens (tertiary/aromatic N) is 3. The third-order valence-electron chi connectivity index (χ3n) is 6.27. The van der Waals surface area contributed by atoms with E-state index >= 15 is 0 Å². The first-order chi connectivity index (χ1) is 12.5. The number of pyridine rings is 1. The monoisotopic (exact) mass is 359 g/mol. The molecular weight excluding hydrogens is 333 g/mol. The molecule has 1 atom stereocenters. The molecule has 3 aliphatic rings. The maximum Gasteiger partial charge on any atom is 0.228 e. The maximum absolute atomic E-state index is 13.2. The minimum Gasteiger partial charge on any atom is -0.339 e. The van der Waals surface area contributed by atoms with Gasteiger partial charge < -0.3 is 9.80 Å². The number of aromatic nitrogens is 1. The molecular formula is C20H26FN3O2. The van der Waals surface area contributed by atoms with Crippen molar-refractivity contribution in [3.05, 3.63) is 29.6 Å². The molecule has 1 unspecified atom stereocenters. The zero-order valence-electron chi connectivity index (χ0n) is 15.3. The molecule has 1 aromatic heterocycles. The smallest absolute Gasteiger partial charge is 0.228 e. The molecule has 0 radical (unpaired) electrons. The maximum atomic E-state index is 13.2. The molecule has 1 aromatic rings. The first kappa shape index (κ1) is 17.4. The van der Waals surface area contributed by atoms with Crippen molar-refractivity contribution in [3.63, 3.8) is 0 Å². The number of halogens is 1. The van der Waals surface area contributed by atoms with Crippen molar-refractivity contribution in [1.82, 2.24) is 14.8 Å². The highest BCUT2D eigenvalue weighted by Gasteiger charge is 2.48. The lowest BCUT2D eigenvalue weighted by molar-refractivity contribution is -0.154. The van der Waals surface area contributed by atoms with Crippen LogP contribution in [0.3, 0.4) is 0 Å². The van der Waals surface area contributed by atoms with Gasteiger partial charge in [0, 0.05) is 44.0 Å². The highest BCUT2D eigenvalue weighted by molar-refractivity contribution is 5.84. The number of hydrogen-bond donors (Lipinski definition) is 0. The quantitative estimate of drug-likeness (QED) is 0.812. The summed E-state index contributed by atoms with van der Waals surface area (Å²) in [6.45, 7) is 4.13. The Hall–Kier alpha value is -1.98. The Morgan fingerprint density at radius 2 is 1.88 bits per heavy atom. The Bertz CT molecular complexity index is 709. The van der Waals surface area contributed by atoms with Crippen LogP contribution in [-0.2, 0) is 22.4 Å². The molecule has 0 aromatic carbocycles. The number of rotatable bonds is 2. The van der Waals surface area contributed by atoms with Crippen LogP contribution in [0.1, 0.15) is 37.4 Å². The summed E-state index contributed by atoms with van der Waals surface area (Å²) < 4.78 is 13.2. The summed E-state index contributed by atoms with van der Waals surface area (Å²) in [5.74, 6) is 0.270. The van der Waals surface area contributed by atoms with Crippen LogP contribution in [0.5, 0.6) is 0 Å². The van der Waals surface area contributed by atoms with Gasteiger partial charge in [0.1, 0.15) is 6.17 Å². The van der Waals surface area contributed by atoms with Crippen LogP contribution >= 0.6 is 0 Å². The summed E-state index contributed by atoms with van der Waals surface area (Å²) in [6.07, 6.45) is 4.10. The zero-order valence-corrected chi connectivity index (χ0v) is 15.3. The average Bonchev–Trinajstić information content (AvgIpc) is 2.65. The Morgan fingerprint density at radius 1 is 1.19 bits per heavy atom. The van der Waals surface area contributed by atoms with Crippen LogP contribution in [0.25, 0.3) is 0 Å². The topological polar surface area (TPSA) is 53.5 Å². The normalized spacial score (nSPS) is 31.2. The van der Waals surface area contributed by atoms with Gasteiger partial charge in [0.25, 0.3) is 0 Å². The largest absolute Gasteiger partial charge is 0.339 e. The molecule has 0 bridgehead atoms. The van der Waals surface area contributed by atoms with Gasteiger partial charge >= 0.3 is 0 Å². The van der Waals surface area contributed by atoms with Crippen LogP contribution < -0.4 is 0 Å². The summed E-state index contributed by atoms with van der Waals surface area (Å²) in [6, 6.07) is 3.99. The predicted octanol–water partition coefficient (Wildman–Crippen LogP) is 2.00. The SMILES string of the molecule is CC1(C(=O)N2CCN(C(=O)C3CCc4ncccc4C3)CC2)CC(F)C1. The van der Waals surface area contributed by atoms with Crippen molar-refractivity contribution < 1.29 is 14.0 Å². The van der Waals surface area contributed by atoms with E-state index in [2.05, 4.69) is 11.1 Å². The molecule has 1 aliphatic heterocycles. The second-order valence-electron chi connectivity index (χ2n) is 8.23. The van der Waals surface area contributed by atoms with E-state index in [1.807, 2.05) is 29.0 Å². The van der Waals surface area contributed by atoms with Crippen LogP contribution in [-0.4, -0.2) is 58.9 Å². The van der Waals surface area contributed by atoms with Crippen LogP contribution in [0.15, 0.2) is 18.3 Å². The van der Waals surface area contributed by atoms with E-state index in [0.29, 0.717) is 39.0 Å². The third-order valence-corrected chi connectivity index (χ3v) is 6.27. The lowest BCUT2D eigenvalue weighted by atomic mass is 9.68. The number of amides is 2. The molecule has 1 saturated carbocycles. The second kappa shape index (κ2) is 6.63. The van der Waals surface area contributed by atoms with Gasteiger partial charge in [0.05, 0.1) is 5.41 Å². The molecule has 2 fully saturated rings. The standard InChI is InChI=1S/C20H26FN3O2/c1-20(12-16(21)13-20)19(26)24-9-7-23(8-10-24)18(25)15-4-5-17-14(11-15)3-2-6-22-17/h2-3,6,15-16H,4-5,7-13H2,1H3. The summed E-state index contributed by atoms with van der Waals surface area (Å²) >= 11 is 0.